The fourth-order valence-corrected chi connectivity index (χ4v) is 4.34. The third-order valence-corrected chi connectivity index (χ3v) is 6.73. The third-order valence-electron chi connectivity index (χ3n) is 4.38. The minimum absolute atomic E-state index is 0.00803. The highest BCUT2D eigenvalue weighted by molar-refractivity contribution is 9.10. The predicted octanol–water partition coefficient (Wildman–Crippen LogP) is 3.77. The number of hydrogen-bond acceptors (Lipinski definition) is 6. The standard InChI is InChI=1S/C21H16BrN5O3S2/c22-15-5-3-14(4-6-15)13-24-25-21(28)18-12-19(20-2-1-11-31-20)27(26-18)16-7-9-17(10-8-16)32(23,29)30/h1-13H,(H,25,28)(H2,23,29,30)/b24-13-. The predicted molar refractivity (Wildman–Crippen MR) is 127 cm³/mol. The van der Waals surface area contributed by atoms with Gasteiger partial charge in [0.15, 0.2) is 5.69 Å². The first-order valence-electron chi connectivity index (χ1n) is 9.17. The van der Waals surface area contributed by atoms with Gasteiger partial charge < -0.3 is 0 Å². The van der Waals surface area contributed by atoms with Crippen molar-refractivity contribution in [2.45, 2.75) is 4.90 Å². The first kappa shape index (κ1) is 22.1. The summed E-state index contributed by atoms with van der Waals surface area (Å²) in [5.41, 5.74) is 4.74. The van der Waals surface area contributed by atoms with Crippen molar-refractivity contribution in [3.8, 4) is 16.3 Å². The fourth-order valence-electron chi connectivity index (χ4n) is 2.84. The maximum atomic E-state index is 12.6. The molecule has 2 aromatic carbocycles. The Morgan fingerprint density at radius 1 is 1.12 bits per heavy atom. The van der Waals surface area contributed by atoms with Crippen LogP contribution in [0.1, 0.15) is 16.1 Å². The van der Waals surface area contributed by atoms with Gasteiger partial charge in [-0.1, -0.05) is 34.1 Å². The monoisotopic (exact) mass is 529 g/mol. The van der Waals surface area contributed by atoms with Crippen molar-refractivity contribution >= 4 is 49.4 Å². The van der Waals surface area contributed by atoms with Crippen LogP contribution in [0.4, 0.5) is 0 Å². The van der Waals surface area contributed by atoms with Gasteiger partial charge in [0.25, 0.3) is 5.91 Å². The molecule has 4 rings (SSSR count). The van der Waals surface area contributed by atoms with Gasteiger partial charge in [0, 0.05) is 4.47 Å². The Hall–Kier alpha value is -3.12. The molecule has 0 radical (unpaired) electrons. The second-order valence-corrected chi connectivity index (χ2v) is 10.0. The number of hydrogen-bond donors (Lipinski definition) is 2. The van der Waals surface area contributed by atoms with Crippen LogP contribution in [0.3, 0.4) is 0 Å². The van der Waals surface area contributed by atoms with E-state index in [9.17, 15) is 13.2 Å². The number of thiophene rings is 1. The van der Waals surface area contributed by atoms with Crippen LogP contribution in [0.15, 0.2) is 86.6 Å². The number of nitrogens with one attached hydrogen (secondary N) is 1. The summed E-state index contributed by atoms with van der Waals surface area (Å²) in [5, 5.41) is 15.5. The van der Waals surface area contributed by atoms with E-state index >= 15 is 0 Å². The molecule has 2 aromatic heterocycles. The Balaban J connectivity index is 1.62. The molecule has 0 saturated heterocycles. The lowest BCUT2D eigenvalue weighted by molar-refractivity contribution is 0.0949. The molecule has 0 atom stereocenters. The second-order valence-electron chi connectivity index (χ2n) is 6.59. The molecule has 162 valence electrons. The van der Waals surface area contributed by atoms with E-state index in [1.54, 1.807) is 22.9 Å². The van der Waals surface area contributed by atoms with Crippen molar-refractivity contribution in [2.75, 3.05) is 0 Å². The highest BCUT2D eigenvalue weighted by Crippen LogP contribution is 2.28. The van der Waals surface area contributed by atoms with Crippen molar-refractivity contribution < 1.29 is 13.2 Å². The van der Waals surface area contributed by atoms with Crippen LogP contribution in [0.2, 0.25) is 0 Å². The fraction of sp³-hybridized carbons (Fsp3) is 0. The zero-order valence-corrected chi connectivity index (χ0v) is 19.6. The molecule has 0 saturated carbocycles. The number of hydrazone groups is 1. The Bertz CT molecular complexity index is 1380. The first-order valence-corrected chi connectivity index (χ1v) is 12.4. The highest BCUT2D eigenvalue weighted by Gasteiger charge is 2.18. The summed E-state index contributed by atoms with van der Waals surface area (Å²) < 4.78 is 25.6. The van der Waals surface area contributed by atoms with Crippen LogP contribution < -0.4 is 10.6 Å². The Morgan fingerprint density at radius 3 is 2.47 bits per heavy atom. The summed E-state index contributed by atoms with van der Waals surface area (Å²) in [7, 11) is -3.81. The largest absolute Gasteiger partial charge is 0.291 e. The molecule has 32 heavy (non-hydrogen) atoms. The molecule has 2 heterocycles. The molecular formula is C21H16BrN5O3S2. The molecule has 0 aliphatic rings. The summed E-state index contributed by atoms with van der Waals surface area (Å²) in [5.74, 6) is -0.476. The molecule has 0 aliphatic carbocycles. The first-order chi connectivity index (χ1) is 15.3. The summed E-state index contributed by atoms with van der Waals surface area (Å²) in [6.45, 7) is 0. The van der Waals surface area contributed by atoms with Crippen LogP contribution in [0, 0.1) is 0 Å². The van der Waals surface area contributed by atoms with E-state index in [2.05, 4.69) is 31.6 Å². The van der Waals surface area contributed by atoms with Crippen molar-refractivity contribution in [2.24, 2.45) is 10.2 Å². The topological polar surface area (TPSA) is 119 Å². The van der Waals surface area contributed by atoms with Crippen LogP contribution in [-0.4, -0.2) is 30.3 Å². The molecule has 4 aromatic rings. The normalized spacial score (nSPS) is 11.7. The minimum atomic E-state index is -3.81. The van der Waals surface area contributed by atoms with E-state index in [-0.39, 0.29) is 10.6 Å². The average Bonchev–Trinajstić information content (AvgIpc) is 3.44. The molecule has 8 nitrogen and oxygen atoms in total. The highest BCUT2D eigenvalue weighted by atomic mass is 79.9. The van der Waals surface area contributed by atoms with E-state index in [1.807, 2.05) is 41.8 Å². The number of primary sulfonamides is 1. The Morgan fingerprint density at radius 2 is 1.84 bits per heavy atom. The van der Waals surface area contributed by atoms with Gasteiger partial charge in [0.05, 0.1) is 27.4 Å². The SMILES string of the molecule is NS(=O)(=O)c1ccc(-n2nc(C(=O)N/N=C\c3ccc(Br)cc3)cc2-c2cccs2)cc1. The quantitative estimate of drug-likeness (QED) is 0.291. The maximum Gasteiger partial charge on any atom is 0.291 e. The van der Waals surface area contributed by atoms with E-state index in [0.717, 1.165) is 14.9 Å². The number of rotatable bonds is 6. The Kier molecular flexibility index (Phi) is 6.33. The van der Waals surface area contributed by atoms with Gasteiger partial charge in [-0.2, -0.15) is 10.2 Å². The molecular weight excluding hydrogens is 514 g/mol. The Labute approximate surface area is 196 Å². The van der Waals surface area contributed by atoms with Gasteiger partial charge >= 0.3 is 0 Å². The van der Waals surface area contributed by atoms with Crippen molar-refractivity contribution in [1.29, 1.82) is 0 Å². The van der Waals surface area contributed by atoms with Gasteiger partial charge in [-0.05, 0) is 59.5 Å². The van der Waals surface area contributed by atoms with E-state index in [1.165, 1.54) is 29.7 Å². The minimum Gasteiger partial charge on any atom is -0.265 e. The zero-order valence-electron chi connectivity index (χ0n) is 16.3. The van der Waals surface area contributed by atoms with E-state index < -0.39 is 15.9 Å². The van der Waals surface area contributed by atoms with Gasteiger partial charge in [0.1, 0.15) is 0 Å². The summed E-state index contributed by atoms with van der Waals surface area (Å²) in [6, 6.07) is 18.9. The number of nitrogens with zero attached hydrogens (tertiary/aromatic N) is 3. The average molecular weight is 530 g/mol. The molecule has 0 unspecified atom stereocenters. The molecule has 3 N–H and O–H groups in total. The van der Waals surface area contributed by atoms with Crippen LogP contribution in [0.5, 0.6) is 0 Å². The third kappa shape index (κ3) is 5.02. The number of amides is 1. The molecule has 0 bridgehead atoms. The number of carbonyl (C=O) groups excluding carboxylic acids is 1. The van der Waals surface area contributed by atoms with Gasteiger partial charge in [0.2, 0.25) is 10.0 Å². The lowest BCUT2D eigenvalue weighted by atomic mass is 10.2. The maximum absolute atomic E-state index is 12.6. The zero-order chi connectivity index (χ0) is 22.7. The van der Waals surface area contributed by atoms with Crippen molar-refractivity contribution in [1.82, 2.24) is 15.2 Å². The van der Waals surface area contributed by atoms with Crippen LogP contribution >= 0.6 is 27.3 Å². The summed E-state index contributed by atoms with van der Waals surface area (Å²) >= 11 is 4.86. The lowest BCUT2D eigenvalue weighted by Crippen LogP contribution is -2.18. The van der Waals surface area contributed by atoms with E-state index in [4.69, 9.17) is 5.14 Å². The van der Waals surface area contributed by atoms with Crippen molar-refractivity contribution in [3.63, 3.8) is 0 Å². The number of halogens is 1. The number of nitrogens with two attached hydrogens (primary N) is 1. The molecule has 0 spiro atoms. The smallest absolute Gasteiger partial charge is 0.265 e. The molecule has 0 fully saturated rings. The number of sulfonamides is 1. The summed E-state index contributed by atoms with van der Waals surface area (Å²) in [6.07, 6.45) is 1.54. The van der Waals surface area contributed by atoms with Crippen LogP contribution in [-0.2, 0) is 10.0 Å². The molecule has 11 heteroatoms. The summed E-state index contributed by atoms with van der Waals surface area (Å²) in [4.78, 5) is 13.5. The lowest BCUT2D eigenvalue weighted by Gasteiger charge is -2.07. The van der Waals surface area contributed by atoms with Gasteiger partial charge in [-0.3, -0.25) is 4.79 Å². The van der Waals surface area contributed by atoms with Crippen LogP contribution in [0.25, 0.3) is 16.3 Å². The second kappa shape index (κ2) is 9.17. The molecule has 0 aliphatic heterocycles. The molecule has 1 amide bonds. The number of carbonyl (C=O) groups is 1. The van der Waals surface area contributed by atoms with Gasteiger partial charge in [-0.15, -0.1) is 11.3 Å². The van der Waals surface area contributed by atoms with Crippen molar-refractivity contribution in [3.05, 3.63) is 87.8 Å². The number of benzene rings is 2. The van der Waals surface area contributed by atoms with Gasteiger partial charge in [-0.25, -0.2) is 23.7 Å². The number of aromatic nitrogens is 2. The van der Waals surface area contributed by atoms with E-state index in [0.29, 0.717) is 11.4 Å².